The molecule has 0 heterocycles. The van der Waals surface area contributed by atoms with E-state index in [0.29, 0.717) is 16.5 Å². The van der Waals surface area contributed by atoms with Crippen LogP contribution >= 0.6 is 11.6 Å². The molecule has 2 N–H and O–H groups in total. The van der Waals surface area contributed by atoms with Gasteiger partial charge in [-0.05, 0) is 18.2 Å². The van der Waals surface area contributed by atoms with Gasteiger partial charge in [-0.15, -0.1) is 0 Å². The Morgan fingerprint density at radius 3 is 2.75 bits per heavy atom. The predicted octanol–water partition coefficient (Wildman–Crippen LogP) is 1.85. The number of ether oxygens (including phenoxy) is 1. The number of hydrogen-bond donors (Lipinski definition) is 1. The van der Waals surface area contributed by atoms with Crippen LogP contribution in [0.3, 0.4) is 0 Å². The number of carbonyl (C=O) groups excluding carboxylic acids is 1. The molecule has 4 heteroatoms. The highest BCUT2D eigenvalue weighted by atomic mass is 35.5. The maximum absolute atomic E-state index is 10.5. The monoisotopic (exact) mass is 185 g/mol. The molecule has 0 amide bonds. The minimum Gasteiger partial charge on any atom is -0.425 e. The molecule has 1 rings (SSSR count). The quantitative estimate of drug-likeness (QED) is 0.413. The van der Waals surface area contributed by atoms with Gasteiger partial charge in [-0.25, -0.2) is 0 Å². The Morgan fingerprint density at radius 1 is 1.58 bits per heavy atom. The summed E-state index contributed by atoms with van der Waals surface area (Å²) in [7, 11) is 0. The summed E-state index contributed by atoms with van der Waals surface area (Å²) in [6.07, 6.45) is 0. The minimum absolute atomic E-state index is 0.332. The fourth-order valence-electron chi connectivity index (χ4n) is 0.755. The van der Waals surface area contributed by atoms with Crippen molar-refractivity contribution in [3.8, 4) is 5.75 Å². The van der Waals surface area contributed by atoms with E-state index in [1.165, 1.54) is 13.0 Å². The van der Waals surface area contributed by atoms with Crippen LogP contribution in [-0.4, -0.2) is 5.97 Å². The zero-order valence-corrected chi connectivity index (χ0v) is 7.26. The Morgan fingerprint density at radius 2 is 2.25 bits per heavy atom. The van der Waals surface area contributed by atoms with Gasteiger partial charge < -0.3 is 10.5 Å². The molecule has 0 bridgehead atoms. The second-order valence-electron chi connectivity index (χ2n) is 2.28. The fraction of sp³-hybridized carbons (Fsp3) is 0.125. The molecular weight excluding hydrogens is 178 g/mol. The van der Waals surface area contributed by atoms with Crippen molar-refractivity contribution in [3.05, 3.63) is 23.2 Å². The van der Waals surface area contributed by atoms with E-state index in [1.807, 2.05) is 0 Å². The summed E-state index contributed by atoms with van der Waals surface area (Å²) in [6, 6.07) is 4.70. The summed E-state index contributed by atoms with van der Waals surface area (Å²) in [5.74, 6) is -0.0694. The lowest BCUT2D eigenvalue weighted by Gasteiger charge is -2.03. The highest BCUT2D eigenvalue weighted by Gasteiger charge is 2.03. The van der Waals surface area contributed by atoms with Gasteiger partial charge in [-0.1, -0.05) is 11.6 Å². The first-order chi connectivity index (χ1) is 5.59. The van der Waals surface area contributed by atoms with Crippen LogP contribution < -0.4 is 10.5 Å². The molecule has 3 nitrogen and oxygen atoms in total. The normalized spacial score (nSPS) is 9.50. The molecule has 0 spiro atoms. The van der Waals surface area contributed by atoms with Gasteiger partial charge >= 0.3 is 5.97 Å². The first kappa shape index (κ1) is 8.87. The highest BCUT2D eigenvalue weighted by molar-refractivity contribution is 6.32. The van der Waals surface area contributed by atoms with E-state index < -0.39 is 5.97 Å². The van der Waals surface area contributed by atoms with Crippen LogP contribution in [0.2, 0.25) is 5.02 Å². The summed E-state index contributed by atoms with van der Waals surface area (Å²) < 4.78 is 4.77. The van der Waals surface area contributed by atoms with Gasteiger partial charge in [-0.2, -0.15) is 0 Å². The van der Waals surface area contributed by atoms with Crippen LogP contribution in [0.15, 0.2) is 18.2 Å². The molecule has 0 saturated heterocycles. The molecule has 64 valence electrons. The van der Waals surface area contributed by atoms with Gasteiger partial charge in [0.2, 0.25) is 0 Å². The summed E-state index contributed by atoms with van der Waals surface area (Å²) >= 11 is 5.72. The van der Waals surface area contributed by atoms with Crippen molar-refractivity contribution in [1.82, 2.24) is 0 Å². The molecule has 0 fully saturated rings. The van der Waals surface area contributed by atoms with Crippen molar-refractivity contribution in [3.63, 3.8) is 0 Å². The van der Waals surface area contributed by atoms with Crippen LogP contribution in [0.1, 0.15) is 6.92 Å². The van der Waals surface area contributed by atoms with Crippen molar-refractivity contribution in [1.29, 1.82) is 0 Å². The molecule has 0 aliphatic carbocycles. The Kier molecular flexibility index (Phi) is 2.55. The average molecular weight is 186 g/mol. The van der Waals surface area contributed by atoms with Gasteiger partial charge in [0.05, 0.1) is 5.02 Å². The number of hydrogen-bond acceptors (Lipinski definition) is 3. The Balaban J connectivity index is 2.93. The van der Waals surface area contributed by atoms with Crippen molar-refractivity contribution in [2.24, 2.45) is 0 Å². The van der Waals surface area contributed by atoms with Crippen molar-refractivity contribution in [2.45, 2.75) is 6.92 Å². The largest absolute Gasteiger partial charge is 0.425 e. The van der Waals surface area contributed by atoms with Crippen LogP contribution in [0, 0.1) is 0 Å². The molecule has 0 unspecified atom stereocenters. The molecule has 12 heavy (non-hydrogen) atoms. The summed E-state index contributed by atoms with van der Waals surface area (Å²) in [4.78, 5) is 10.5. The van der Waals surface area contributed by atoms with E-state index in [0.717, 1.165) is 0 Å². The summed E-state index contributed by atoms with van der Waals surface area (Å²) in [5, 5.41) is 0.338. The van der Waals surface area contributed by atoms with Crippen molar-refractivity contribution >= 4 is 23.3 Å². The van der Waals surface area contributed by atoms with E-state index in [-0.39, 0.29) is 0 Å². The lowest BCUT2D eigenvalue weighted by molar-refractivity contribution is -0.131. The van der Waals surface area contributed by atoms with Crippen molar-refractivity contribution < 1.29 is 9.53 Å². The van der Waals surface area contributed by atoms with E-state index in [2.05, 4.69) is 0 Å². The third-order valence-corrected chi connectivity index (χ3v) is 1.50. The average Bonchev–Trinajstić information content (AvgIpc) is 1.94. The minimum atomic E-state index is -0.401. The van der Waals surface area contributed by atoms with Crippen LogP contribution in [0.4, 0.5) is 5.69 Å². The number of anilines is 1. The summed E-state index contributed by atoms with van der Waals surface area (Å²) in [6.45, 7) is 1.31. The predicted molar refractivity (Wildman–Crippen MR) is 47.2 cm³/mol. The molecule has 0 aromatic heterocycles. The Bertz CT molecular complexity index is 312. The maximum Gasteiger partial charge on any atom is 0.308 e. The molecule has 0 radical (unpaired) electrons. The molecule has 0 atom stereocenters. The van der Waals surface area contributed by atoms with Gasteiger partial charge in [-0.3, -0.25) is 4.79 Å². The van der Waals surface area contributed by atoms with E-state index in [9.17, 15) is 4.79 Å². The number of esters is 1. The standard InChI is InChI=1S/C8H8ClNO2/c1-5(11)12-8-3-2-6(10)4-7(8)9/h2-4H,10H2,1H3. The molecular formula is C8H8ClNO2. The molecule has 1 aromatic carbocycles. The van der Waals surface area contributed by atoms with Crippen LogP contribution in [0.5, 0.6) is 5.75 Å². The topological polar surface area (TPSA) is 52.3 Å². The lowest BCUT2D eigenvalue weighted by atomic mass is 10.3. The maximum atomic E-state index is 10.5. The Labute approximate surface area is 75.1 Å². The van der Waals surface area contributed by atoms with Gasteiger partial charge in [0.15, 0.2) is 0 Å². The third kappa shape index (κ3) is 2.13. The number of benzene rings is 1. The highest BCUT2D eigenvalue weighted by Crippen LogP contribution is 2.26. The number of rotatable bonds is 1. The molecule has 0 aliphatic heterocycles. The smallest absolute Gasteiger partial charge is 0.308 e. The third-order valence-electron chi connectivity index (χ3n) is 1.21. The summed E-state index contributed by atoms with van der Waals surface area (Å²) in [5.41, 5.74) is 5.97. The van der Waals surface area contributed by atoms with E-state index in [4.69, 9.17) is 22.1 Å². The second-order valence-corrected chi connectivity index (χ2v) is 2.69. The number of nitrogen functional groups attached to an aromatic ring is 1. The molecule has 0 aliphatic rings. The van der Waals surface area contributed by atoms with Crippen LogP contribution in [0.25, 0.3) is 0 Å². The second kappa shape index (κ2) is 3.45. The van der Waals surface area contributed by atoms with E-state index in [1.54, 1.807) is 12.1 Å². The first-order valence-electron chi connectivity index (χ1n) is 3.33. The Hall–Kier alpha value is -1.22. The zero-order chi connectivity index (χ0) is 9.14. The molecule has 1 aromatic rings. The first-order valence-corrected chi connectivity index (χ1v) is 3.71. The lowest BCUT2D eigenvalue weighted by Crippen LogP contribution is -2.01. The fourth-order valence-corrected chi connectivity index (χ4v) is 0.982. The van der Waals surface area contributed by atoms with Crippen molar-refractivity contribution in [2.75, 3.05) is 5.73 Å². The zero-order valence-electron chi connectivity index (χ0n) is 6.50. The number of halogens is 1. The van der Waals surface area contributed by atoms with Gasteiger partial charge in [0.1, 0.15) is 5.75 Å². The molecule has 0 saturated carbocycles. The van der Waals surface area contributed by atoms with Gasteiger partial charge in [0.25, 0.3) is 0 Å². The van der Waals surface area contributed by atoms with E-state index >= 15 is 0 Å². The number of nitrogens with two attached hydrogens (primary N) is 1. The number of carbonyl (C=O) groups is 1. The van der Waals surface area contributed by atoms with Gasteiger partial charge in [0, 0.05) is 12.6 Å². The SMILES string of the molecule is CC(=O)Oc1ccc(N)cc1Cl. The van der Waals surface area contributed by atoms with Crippen LogP contribution in [-0.2, 0) is 4.79 Å².